The van der Waals surface area contributed by atoms with Gasteiger partial charge < -0.3 is 9.47 Å². The van der Waals surface area contributed by atoms with Gasteiger partial charge in [0.2, 0.25) is 0 Å². The highest BCUT2D eigenvalue weighted by Crippen LogP contribution is 2.67. The van der Waals surface area contributed by atoms with Gasteiger partial charge in [0.15, 0.2) is 0 Å². The zero-order chi connectivity index (χ0) is 30.1. The molecular formula is C38H31NO4S. The number of benzene rings is 5. The van der Waals surface area contributed by atoms with Crippen molar-refractivity contribution in [3.63, 3.8) is 0 Å². The van der Waals surface area contributed by atoms with Crippen molar-refractivity contribution >= 4 is 26.9 Å². The summed E-state index contributed by atoms with van der Waals surface area (Å²) >= 11 is 0. The summed E-state index contributed by atoms with van der Waals surface area (Å²) < 4.78 is 44.1. The van der Waals surface area contributed by atoms with E-state index in [-0.39, 0.29) is 10.8 Å². The van der Waals surface area contributed by atoms with Crippen LogP contribution in [-0.4, -0.2) is 21.6 Å². The molecule has 5 nitrogen and oxygen atoms in total. The first-order valence-electron chi connectivity index (χ1n) is 14.8. The summed E-state index contributed by atoms with van der Waals surface area (Å²) in [5, 5.41) is 0. The lowest BCUT2D eigenvalue weighted by Gasteiger charge is -2.45. The molecule has 5 aromatic rings. The molecule has 44 heavy (non-hydrogen) atoms. The molecule has 0 spiro atoms. The number of hydrogen-bond acceptors (Lipinski definition) is 4. The Morgan fingerprint density at radius 3 is 2.23 bits per heavy atom. The van der Waals surface area contributed by atoms with Crippen LogP contribution >= 0.6 is 0 Å². The molecule has 218 valence electrons. The van der Waals surface area contributed by atoms with Crippen molar-refractivity contribution in [3.8, 4) is 5.75 Å². The van der Waals surface area contributed by atoms with Crippen molar-refractivity contribution in [3.05, 3.63) is 161 Å². The van der Waals surface area contributed by atoms with Crippen molar-refractivity contribution in [1.82, 2.24) is 0 Å². The van der Waals surface area contributed by atoms with Gasteiger partial charge in [-0.05, 0) is 70.6 Å². The number of sulfonamides is 1. The second-order valence-electron chi connectivity index (χ2n) is 11.7. The summed E-state index contributed by atoms with van der Waals surface area (Å²) in [6.45, 7) is 2.33. The molecule has 3 atom stereocenters. The molecule has 0 fully saturated rings. The van der Waals surface area contributed by atoms with Crippen LogP contribution in [0.2, 0.25) is 0 Å². The first-order chi connectivity index (χ1) is 21.4. The fourth-order valence-electron chi connectivity index (χ4n) is 7.49. The highest BCUT2D eigenvalue weighted by Gasteiger charge is 2.65. The van der Waals surface area contributed by atoms with Crippen LogP contribution in [0.5, 0.6) is 5.75 Å². The van der Waals surface area contributed by atoms with Crippen LogP contribution in [-0.2, 0) is 27.0 Å². The third-order valence-corrected chi connectivity index (χ3v) is 11.2. The van der Waals surface area contributed by atoms with E-state index in [2.05, 4.69) is 48.5 Å². The van der Waals surface area contributed by atoms with Crippen LogP contribution in [0.15, 0.2) is 132 Å². The number of rotatable bonds is 5. The third kappa shape index (κ3) is 3.71. The molecule has 2 aliphatic heterocycles. The Hall–Kier alpha value is -4.65. The lowest BCUT2D eigenvalue weighted by atomic mass is 9.77. The normalized spacial score (nSPS) is 21.8. The zero-order valence-electron chi connectivity index (χ0n) is 24.5. The zero-order valence-corrected chi connectivity index (χ0v) is 25.3. The Bertz CT molecular complexity index is 2040. The molecule has 0 N–H and O–H groups in total. The molecule has 0 amide bonds. The number of aryl methyl sites for hydroxylation is 1. The molecule has 1 aliphatic carbocycles. The summed E-state index contributed by atoms with van der Waals surface area (Å²) in [5.74, 6) is 0.472. The van der Waals surface area contributed by atoms with E-state index in [4.69, 9.17) is 9.47 Å². The van der Waals surface area contributed by atoms with E-state index in [0.717, 1.165) is 50.3 Å². The molecular weight excluding hydrogens is 566 g/mol. The fourth-order valence-corrected chi connectivity index (χ4v) is 9.19. The summed E-state index contributed by atoms with van der Waals surface area (Å²) in [4.78, 5) is 0.262. The summed E-state index contributed by atoms with van der Waals surface area (Å²) in [5.41, 5.74) is 7.79. The van der Waals surface area contributed by atoms with Gasteiger partial charge in [-0.15, -0.1) is 0 Å². The maximum absolute atomic E-state index is 14.9. The molecule has 0 radical (unpaired) electrons. The van der Waals surface area contributed by atoms with Gasteiger partial charge in [0.05, 0.1) is 30.3 Å². The van der Waals surface area contributed by atoms with Gasteiger partial charge in [-0.2, -0.15) is 0 Å². The first-order valence-corrected chi connectivity index (χ1v) is 16.3. The standard InChI is InChI=1S/C38H31NO4S/c1-25-16-22-30(23-17-25)44(40,41)39-33-15-9-8-14-32(33)35-34(26-18-20-29(42-2)21-19-26)36-31-13-7-6-10-27(31)24-43-38(36,37(35)39)28-11-4-3-5-12-28/h3-23,35,37H,24H2,1-2H3/t35-,37-,38-/m0/s1. The monoisotopic (exact) mass is 597 g/mol. The molecule has 6 heteroatoms. The Morgan fingerprint density at radius 2 is 1.48 bits per heavy atom. The second kappa shape index (κ2) is 9.94. The van der Waals surface area contributed by atoms with Gasteiger partial charge in [-0.3, -0.25) is 4.31 Å². The summed E-state index contributed by atoms with van der Waals surface area (Å²) in [6, 6.07) is 41.0. The van der Waals surface area contributed by atoms with Gasteiger partial charge in [-0.1, -0.05) is 103 Å². The van der Waals surface area contributed by atoms with Gasteiger partial charge in [0, 0.05) is 11.5 Å². The Labute approximate surface area is 258 Å². The number of hydrogen-bond donors (Lipinski definition) is 0. The van der Waals surface area contributed by atoms with E-state index in [1.165, 1.54) is 0 Å². The summed E-state index contributed by atoms with van der Waals surface area (Å²) in [6.07, 6.45) is 0. The van der Waals surface area contributed by atoms with E-state index in [1.807, 2.05) is 73.7 Å². The second-order valence-corrected chi connectivity index (χ2v) is 13.5. The molecule has 5 aromatic carbocycles. The summed E-state index contributed by atoms with van der Waals surface area (Å²) in [7, 11) is -2.34. The molecule has 0 saturated heterocycles. The molecule has 3 aliphatic rings. The lowest BCUT2D eigenvalue weighted by Crippen LogP contribution is -2.53. The maximum atomic E-state index is 14.9. The van der Waals surface area contributed by atoms with Crippen molar-refractivity contribution in [2.75, 3.05) is 11.4 Å². The molecule has 0 bridgehead atoms. The SMILES string of the molecule is COc1ccc(C2=C3c4ccccc4CO[C@]3(c3ccccc3)[C@@H]3[C@H]2c2ccccc2N3S(=O)(=O)c2ccc(C)cc2)cc1. The number of nitrogens with zero attached hydrogens (tertiary/aromatic N) is 1. The predicted octanol–water partition coefficient (Wildman–Crippen LogP) is 7.72. The van der Waals surface area contributed by atoms with E-state index in [9.17, 15) is 8.42 Å². The number of fused-ring (bicyclic) bond motifs is 7. The third-order valence-electron chi connectivity index (χ3n) is 9.37. The maximum Gasteiger partial charge on any atom is 0.264 e. The van der Waals surface area contributed by atoms with Gasteiger partial charge >= 0.3 is 0 Å². The minimum Gasteiger partial charge on any atom is -0.497 e. The van der Waals surface area contributed by atoms with Gasteiger partial charge in [0.1, 0.15) is 11.4 Å². The van der Waals surface area contributed by atoms with Crippen molar-refractivity contribution < 1.29 is 17.9 Å². The van der Waals surface area contributed by atoms with Crippen LogP contribution in [0.1, 0.15) is 39.3 Å². The van der Waals surface area contributed by atoms with Crippen LogP contribution in [0.25, 0.3) is 11.1 Å². The van der Waals surface area contributed by atoms with Crippen molar-refractivity contribution in [2.45, 2.75) is 36.0 Å². The smallest absolute Gasteiger partial charge is 0.264 e. The number of ether oxygens (including phenoxy) is 2. The van der Waals surface area contributed by atoms with Crippen LogP contribution < -0.4 is 9.04 Å². The van der Waals surface area contributed by atoms with Crippen molar-refractivity contribution in [1.29, 1.82) is 0 Å². The van der Waals surface area contributed by atoms with Gasteiger partial charge in [-0.25, -0.2) is 8.42 Å². The number of methoxy groups -OCH3 is 1. The Morgan fingerprint density at radius 1 is 0.795 bits per heavy atom. The number of para-hydroxylation sites is 1. The van der Waals surface area contributed by atoms with Crippen LogP contribution in [0, 0.1) is 6.92 Å². The minimum absolute atomic E-state index is 0.262. The average Bonchev–Trinajstić information content (AvgIpc) is 3.57. The van der Waals surface area contributed by atoms with Crippen LogP contribution in [0.3, 0.4) is 0 Å². The highest BCUT2D eigenvalue weighted by atomic mass is 32.2. The first kappa shape index (κ1) is 26.9. The molecule has 0 unspecified atom stereocenters. The van der Waals surface area contributed by atoms with E-state index < -0.39 is 21.7 Å². The molecule has 0 aromatic heterocycles. The Kier molecular flexibility index (Phi) is 6.09. The molecule has 0 saturated carbocycles. The Balaban J connectivity index is 1.49. The predicted molar refractivity (Wildman–Crippen MR) is 173 cm³/mol. The van der Waals surface area contributed by atoms with Gasteiger partial charge in [0.25, 0.3) is 10.0 Å². The molecule has 8 rings (SSSR count). The average molecular weight is 598 g/mol. The van der Waals surface area contributed by atoms with Crippen LogP contribution in [0.4, 0.5) is 5.69 Å². The van der Waals surface area contributed by atoms with E-state index in [0.29, 0.717) is 12.3 Å². The van der Waals surface area contributed by atoms with E-state index >= 15 is 0 Å². The number of anilines is 1. The highest BCUT2D eigenvalue weighted by molar-refractivity contribution is 7.93. The van der Waals surface area contributed by atoms with E-state index in [1.54, 1.807) is 23.5 Å². The fraction of sp³-hybridized carbons (Fsp3) is 0.158. The largest absolute Gasteiger partial charge is 0.497 e. The topological polar surface area (TPSA) is 55.8 Å². The quantitative estimate of drug-likeness (QED) is 0.208. The minimum atomic E-state index is -4.01. The lowest BCUT2D eigenvalue weighted by molar-refractivity contribution is -0.0346. The molecule has 2 heterocycles. The van der Waals surface area contributed by atoms with Crippen molar-refractivity contribution in [2.24, 2.45) is 0 Å².